The van der Waals surface area contributed by atoms with Crippen LogP contribution in [0.1, 0.15) is 47.9 Å². The molecule has 0 aliphatic heterocycles. The number of aromatic nitrogens is 5. The van der Waals surface area contributed by atoms with E-state index in [4.69, 9.17) is 0 Å². The Balaban J connectivity index is 2.45. The number of carbonyl (C=O) groups excluding carboxylic acids is 1. The monoisotopic (exact) mass is 251 g/mol. The average Bonchev–Trinajstić information content (AvgIpc) is 2.94. The zero-order valence-electron chi connectivity index (χ0n) is 9.91. The van der Waals surface area contributed by atoms with E-state index in [0.29, 0.717) is 29.5 Å². The highest BCUT2D eigenvalue weighted by molar-refractivity contribution is 7.13. The number of hydrogen-bond donors (Lipinski definition) is 0. The van der Waals surface area contributed by atoms with Gasteiger partial charge < -0.3 is 0 Å². The first kappa shape index (κ1) is 11.8. The normalized spacial score (nSPS) is 11.1. The molecule has 0 aliphatic carbocycles. The van der Waals surface area contributed by atoms with E-state index in [-0.39, 0.29) is 0 Å². The Morgan fingerprint density at radius 3 is 2.65 bits per heavy atom. The Morgan fingerprint density at radius 1 is 1.35 bits per heavy atom. The van der Waals surface area contributed by atoms with Crippen molar-refractivity contribution in [3.63, 3.8) is 0 Å². The summed E-state index contributed by atoms with van der Waals surface area (Å²) >= 11 is 1.47. The van der Waals surface area contributed by atoms with Gasteiger partial charge in [-0.3, -0.25) is 4.79 Å². The van der Waals surface area contributed by atoms with Gasteiger partial charge in [-0.15, -0.1) is 15.3 Å². The summed E-state index contributed by atoms with van der Waals surface area (Å²) in [5.41, 5.74) is 1.14. The van der Waals surface area contributed by atoms with Gasteiger partial charge in [-0.1, -0.05) is 37.3 Å². The molecule has 0 spiro atoms. The van der Waals surface area contributed by atoms with Gasteiger partial charge >= 0.3 is 0 Å². The Morgan fingerprint density at radius 2 is 2.12 bits per heavy atom. The summed E-state index contributed by atoms with van der Waals surface area (Å²) in [7, 11) is 0. The van der Waals surface area contributed by atoms with Crippen molar-refractivity contribution in [3.05, 3.63) is 16.4 Å². The van der Waals surface area contributed by atoms with Gasteiger partial charge in [-0.05, 0) is 6.42 Å². The van der Waals surface area contributed by atoms with Gasteiger partial charge in [0.1, 0.15) is 10.7 Å². The summed E-state index contributed by atoms with van der Waals surface area (Å²) in [4.78, 5) is 10.8. The second-order valence-corrected chi connectivity index (χ2v) is 4.87. The van der Waals surface area contributed by atoms with Crippen molar-refractivity contribution in [2.45, 2.75) is 33.1 Å². The van der Waals surface area contributed by atoms with Crippen LogP contribution in [0.15, 0.2) is 0 Å². The number of aldehydes is 1. The van der Waals surface area contributed by atoms with Crippen LogP contribution in [0.4, 0.5) is 0 Å². The maximum atomic E-state index is 10.8. The van der Waals surface area contributed by atoms with Crippen LogP contribution in [0.3, 0.4) is 0 Å². The molecule has 0 unspecified atom stereocenters. The lowest BCUT2D eigenvalue weighted by Gasteiger charge is -1.98. The molecular weight excluding hydrogens is 238 g/mol. The van der Waals surface area contributed by atoms with Gasteiger partial charge in [0.15, 0.2) is 6.29 Å². The topological polar surface area (TPSA) is 73.6 Å². The lowest BCUT2D eigenvalue weighted by Crippen LogP contribution is -2.02. The van der Waals surface area contributed by atoms with E-state index in [9.17, 15) is 4.79 Å². The van der Waals surface area contributed by atoms with Gasteiger partial charge in [0.2, 0.25) is 5.13 Å². The van der Waals surface area contributed by atoms with E-state index in [0.717, 1.165) is 10.7 Å². The van der Waals surface area contributed by atoms with E-state index in [1.807, 2.05) is 6.92 Å². The molecule has 0 bridgehead atoms. The Labute approximate surface area is 103 Å². The summed E-state index contributed by atoms with van der Waals surface area (Å²) in [6, 6.07) is 0. The summed E-state index contributed by atoms with van der Waals surface area (Å²) in [6.45, 7) is 6.07. The van der Waals surface area contributed by atoms with Crippen LogP contribution in [0, 0.1) is 0 Å². The molecule has 7 heteroatoms. The highest BCUT2D eigenvalue weighted by atomic mass is 32.1. The fraction of sp³-hybridized carbons (Fsp3) is 0.500. The largest absolute Gasteiger partial charge is 0.296 e. The second-order valence-electron chi connectivity index (χ2n) is 3.88. The third kappa shape index (κ3) is 2.10. The molecule has 2 aromatic rings. The van der Waals surface area contributed by atoms with Crippen LogP contribution in [-0.4, -0.2) is 31.5 Å². The molecule has 0 aliphatic rings. The van der Waals surface area contributed by atoms with Gasteiger partial charge in [0.25, 0.3) is 0 Å². The summed E-state index contributed by atoms with van der Waals surface area (Å²) < 4.78 is 1.59. The highest BCUT2D eigenvalue weighted by Gasteiger charge is 2.16. The predicted molar refractivity (Wildman–Crippen MR) is 63.7 cm³/mol. The van der Waals surface area contributed by atoms with Crippen molar-refractivity contribution in [3.8, 4) is 5.13 Å². The third-order valence-electron chi connectivity index (χ3n) is 2.34. The van der Waals surface area contributed by atoms with Crippen molar-refractivity contribution in [1.82, 2.24) is 25.2 Å². The molecule has 0 radical (unpaired) electrons. The molecule has 6 nitrogen and oxygen atoms in total. The van der Waals surface area contributed by atoms with E-state index < -0.39 is 0 Å². The summed E-state index contributed by atoms with van der Waals surface area (Å²) in [6.07, 6.45) is 1.39. The second kappa shape index (κ2) is 4.70. The van der Waals surface area contributed by atoms with Crippen LogP contribution in [0.5, 0.6) is 0 Å². The zero-order chi connectivity index (χ0) is 12.4. The Bertz CT molecular complexity index is 531. The molecule has 0 saturated heterocycles. The summed E-state index contributed by atoms with van der Waals surface area (Å²) in [5.74, 6) is 0.334. The maximum absolute atomic E-state index is 10.8. The molecule has 0 fully saturated rings. The first-order valence-corrected chi connectivity index (χ1v) is 6.22. The van der Waals surface area contributed by atoms with E-state index in [1.165, 1.54) is 11.3 Å². The minimum atomic E-state index is 0.334. The van der Waals surface area contributed by atoms with Crippen molar-refractivity contribution in [2.24, 2.45) is 0 Å². The van der Waals surface area contributed by atoms with Gasteiger partial charge in [-0.25, -0.2) is 0 Å². The maximum Gasteiger partial charge on any atom is 0.234 e. The highest BCUT2D eigenvalue weighted by Crippen LogP contribution is 2.22. The molecule has 2 heterocycles. The fourth-order valence-electron chi connectivity index (χ4n) is 1.43. The van der Waals surface area contributed by atoms with Crippen LogP contribution < -0.4 is 0 Å². The fourth-order valence-corrected chi connectivity index (χ4v) is 2.25. The molecule has 0 aromatic carbocycles. The van der Waals surface area contributed by atoms with Crippen molar-refractivity contribution < 1.29 is 4.79 Å². The van der Waals surface area contributed by atoms with Crippen LogP contribution in [0.25, 0.3) is 5.13 Å². The first-order valence-electron chi connectivity index (χ1n) is 5.40. The van der Waals surface area contributed by atoms with E-state index in [2.05, 4.69) is 34.4 Å². The first-order chi connectivity index (χ1) is 8.17. The Hall–Kier alpha value is -1.63. The van der Waals surface area contributed by atoms with Crippen LogP contribution in [-0.2, 0) is 6.42 Å². The zero-order valence-corrected chi connectivity index (χ0v) is 10.7. The third-order valence-corrected chi connectivity index (χ3v) is 3.54. The predicted octanol–water partition coefficient (Wildman–Crippen LogP) is 1.62. The molecule has 90 valence electrons. The lowest BCUT2D eigenvalue weighted by molar-refractivity contribution is 0.111. The molecule has 0 atom stereocenters. The lowest BCUT2D eigenvalue weighted by atomic mass is 10.2. The standard InChI is InChI=1S/C10H13N5OS/c1-4-8-7(5-16)11-14-15(8)10-13-12-9(17-10)6(2)3/h5-6H,4H2,1-3H3. The van der Waals surface area contributed by atoms with Crippen molar-refractivity contribution >= 4 is 17.6 Å². The number of rotatable bonds is 4. The average molecular weight is 251 g/mol. The van der Waals surface area contributed by atoms with Gasteiger partial charge in [0.05, 0.1) is 5.69 Å². The molecule has 0 amide bonds. The van der Waals surface area contributed by atoms with Gasteiger partial charge in [-0.2, -0.15) is 4.68 Å². The smallest absolute Gasteiger partial charge is 0.234 e. The SMILES string of the molecule is CCc1c(C=O)nnn1-c1nnc(C(C)C)s1. The molecule has 17 heavy (non-hydrogen) atoms. The van der Waals surface area contributed by atoms with E-state index >= 15 is 0 Å². The number of hydrogen-bond acceptors (Lipinski definition) is 6. The van der Waals surface area contributed by atoms with Crippen molar-refractivity contribution in [1.29, 1.82) is 0 Å². The molecular formula is C10H13N5OS. The Kier molecular flexibility index (Phi) is 3.28. The minimum absolute atomic E-state index is 0.334. The number of nitrogens with zero attached hydrogens (tertiary/aromatic N) is 5. The van der Waals surface area contributed by atoms with Crippen molar-refractivity contribution in [2.75, 3.05) is 0 Å². The number of carbonyl (C=O) groups is 1. The van der Waals surface area contributed by atoms with Gasteiger partial charge in [0, 0.05) is 5.92 Å². The molecule has 2 rings (SSSR count). The van der Waals surface area contributed by atoms with Crippen LogP contribution >= 0.6 is 11.3 Å². The van der Waals surface area contributed by atoms with E-state index in [1.54, 1.807) is 4.68 Å². The summed E-state index contributed by atoms with van der Waals surface area (Å²) in [5, 5.41) is 17.5. The minimum Gasteiger partial charge on any atom is -0.296 e. The van der Waals surface area contributed by atoms with Crippen LogP contribution in [0.2, 0.25) is 0 Å². The molecule has 2 aromatic heterocycles. The molecule has 0 N–H and O–H groups in total. The quantitative estimate of drug-likeness (QED) is 0.772. The molecule has 0 saturated carbocycles.